The molecule has 2 rings (SSSR count). The Labute approximate surface area is 132 Å². The van der Waals surface area contributed by atoms with Crippen molar-refractivity contribution in [3.8, 4) is 0 Å². The van der Waals surface area contributed by atoms with Crippen LogP contribution < -0.4 is 5.56 Å². The second kappa shape index (κ2) is 6.14. The van der Waals surface area contributed by atoms with E-state index in [0.29, 0.717) is 16.8 Å². The quantitative estimate of drug-likeness (QED) is 0.784. The summed E-state index contributed by atoms with van der Waals surface area (Å²) < 4.78 is 38.6. The summed E-state index contributed by atoms with van der Waals surface area (Å²) in [7, 11) is 0. The van der Waals surface area contributed by atoms with Crippen LogP contribution in [0.2, 0.25) is 10.0 Å². The minimum atomic E-state index is -4.60. The molecule has 8 heteroatoms. The van der Waals surface area contributed by atoms with Crippen molar-refractivity contribution >= 4 is 29.0 Å². The predicted molar refractivity (Wildman–Crippen MR) is 76.5 cm³/mol. The number of ketones is 1. The number of halogens is 5. The van der Waals surface area contributed by atoms with Crippen molar-refractivity contribution in [2.24, 2.45) is 0 Å². The van der Waals surface area contributed by atoms with Gasteiger partial charge in [0.2, 0.25) is 0 Å². The summed E-state index contributed by atoms with van der Waals surface area (Å²) in [6.45, 7) is -0.527. The fourth-order valence-electron chi connectivity index (χ4n) is 1.74. The number of carbonyl (C=O) groups excluding carboxylic acids is 1. The molecule has 22 heavy (non-hydrogen) atoms. The summed E-state index contributed by atoms with van der Waals surface area (Å²) >= 11 is 11.5. The molecule has 3 nitrogen and oxygen atoms in total. The van der Waals surface area contributed by atoms with Gasteiger partial charge < -0.3 is 4.57 Å². The maximum absolute atomic E-state index is 12.6. The standard InChI is InChI=1S/C14H8Cl2F3NO2/c15-10-3-1-8(5-11(10)16)12(21)7-20-6-9(14(17,18)19)2-4-13(20)22/h1-6H,7H2. The molecule has 0 aliphatic carbocycles. The van der Waals surface area contributed by atoms with E-state index in [-0.39, 0.29) is 15.6 Å². The smallest absolute Gasteiger partial charge is 0.307 e. The van der Waals surface area contributed by atoms with E-state index < -0.39 is 29.6 Å². The van der Waals surface area contributed by atoms with E-state index in [1.165, 1.54) is 18.2 Å². The Morgan fingerprint density at radius 3 is 2.36 bits per heavy atom. The molecular formula is C14H8Cl2F3NO2. The van der Waals surface area contributed by atoms with Gasteiger partial charge in [-0.25, -0.2) is 0 Å². The molecule has 0 amide bonds. The van der Waals surface area contributed by atoms with E-state index in [4.69, 9.17) is 23.2 Å². The Kier molecular flexibility index (Phi) is 4.63. The first-order valence-electron chi connectivity index (χ1n) is 5.94. The molecule has 0 fully saturated rings. The highest BCUT2D eigenvalue weighted by molar-refractivity contribution is 6.42. The number of Topliss-reactive ketones (excluding diaryl/α,β-unsaturated/α-hetero) is 1. The van der Waals surface area contributed by atoms with E-state index in [1.807, 2.05) is 0 Å². The lowest BCUT2D eigenvalue weighted by atomic mass is 10.1. The fraction of sp³-hybridized carbons (Fsp3) is 0.143. The van der Waals surface area contributed by atoms with E-state index >= 15 is 0 Å². The van der Waals surface area contributed by atoms with Crippen LogP contribution >= 0.6 is 23.2 Å². The lowest BCUT2D eigenvalue weighted by molar-refractivity contribution is -0.138. The van der Waals surface area contributed by atoms with E-state index in [2.05, 4.69) is 0 Å². The van der Waals surface area contributed by atoms with Crippen LogP contribution in [0.4, 0.5) is 13.2 Å². The maximum atomic E-state index is 12.6. The van der Waals surface area contributed by atoms with Gasteiger partial charge in [-0.3, -0.25) is 9.59 Å². The topological polar surface area (TPSA) is 39.1 Å². The van der Waals surface area contributed by atoms with Crippen LogP contribution in [0.15, 0.2) is 41.3 Å². The van der Waals surface area contributed by atoms with Gasteiger partial charge in [-0.05, 0) is 24.3 Å². The third-order valence-electron chi connectivity index (χ3n) is 2.87. The molecule has 0 aliphatic heterocycles. The molecule has 0 saturated heterocycles. The summed E-state index contributed by atoms with van der Waals surface area (Å²) in [5, 5.41) is 0.387. The largest absolute Gasteiger partial charge is 0.417 e. The number of benzene rings is 1. The van der Waals surface area contributed by atoms with Crippen LogP contribution in [-0.2, 0) is 12.7 Å². The summed E-state index contributed by atoms with van der Waals surface area (Å²) in [5.74, 6) is -0.556. The van der Waals surface area contributed by atoms with Crippen molar-refractivity contribution < 1.29 is 18.0 Å². The summed E-state index contributed by atoms with van der Waals surface area (Å²) in [5.41, 5.74) is -1.56. The number of carbonyl (C=O) groups is 1. The minimum absolute atomic E-state index is 0.143. The van der Waals surface area contributed by atoms with Crippen molar-refractivity contribution in [2.75, 3.05) is 0 Å². The van der Waals surface area contributed by atoms with Gasteiger partial charge in [0.1, 0.15) is 0 Å². The normalized spacial score (nSPS) is 11.5. The highest BCUT2D eigenvalue weighted by Crippen LogP contribution is 2.28. The molecule has 1 aromatic heterocycles. The van der Waals surface area contributed by atoms with Crippen LogP contribution in [0.5, 0.6) is 0 Å². The Morgan fingerprint density at radius 2 is 1.77 bits per heavy atom. The van der Waals surface area contributed by atoms with E-state index in [1.54, 1.807) is 0 Å². The molecule has 2 aromatic rings. The monoisotopic (exact) mass is 349 g/mol. The first kappa shape index (κ1) is 16.6. The molecule has 0 aliphatic rings. The lowest BCUT2D eigenvalue weighted by Crippen LogP contribution is -2.25. The second-order valence-electron chi connectivity index (χ2n) is 4.43. The van der Waals surface area contributed by atoms with Gasteiger partial charge in [-0.2, -0.15) is 13.2 Å². The molecular weight excluding hydrogens is 342 g/mol. The van der Waals surface area contributed by atoms with Crippen molar-refractivity contribution in [1.82, 2.24) is 4.57 Å². The molecule has 0 N–H and O–H groups in total. The SMILES string of the molecule is O=C(Cn1cc(C(F)(F)F)ccc1=O)c1ccc(Cl)c(Cl)c1. The van der Waals surface area contributed by atoms with Gasteiger partial charge in [0, 0.05) is 17.8 Å². The van der Waals surface area contributed by atoms with Crippen LogP contribution in [0.1, 0.15) is 15.9 Å². The first-order chi connectivity index (χ1) is 10.2. The van der Waals surface area contributed by atoms with Crippen LogP contribution in [-0.4, -0.2) is 10.4 Å². The molecule has 0 atom stereocenters. The van der Waals surface area contributed by atoms with Gasteiger partial charge >= 0.3 is 6.18 Å². The number of rotatable bonds is 3. The minimum Gasteiger partial charge on any atom is -0.307 e. The first-order valence-corrected chi connectivity index (χ1v) is 6.70. The zero-order valence-electron chi connectivity index (χ0n) is 10.8. The van der Waals surface area contributed by atoms with Crippen LogP contribution in [0.25, 0.3) is 0 Å². The maximum Gasteiger partial charge on any atom is 0.417 e. The van der Waals surface area contributed by atoms with Crippen LogP contribution in [0.3, 0.4) is 0 Å². The number of hydrogen-bond acceptors (Lipinski definition) is 2. The number of pyridine rings is 1. The highest BCUT2D eigenvalue weighted by atomic mass is 35.5. The Hall–Kier alpha value is -1.79. The zero-order chi connectivity index (χ0) is 16.5. The third-order valence-corrected chi connectivity index (χ3v) is 3.61. The Balaban J connectivity index is 2.32. The van der Waals surface area contributed by atoms with Gasteiger partial charge in [-0.1, -0.05) is 23.2 Å². The van der Waals surface area contributed by atoms with Gasteiger partial charge in [0.25, 0.3) is 5.56 Å². The van der Waals surface area contributed by atoms with Crippen molar-refractivity contribution in [2.45, 2.75) is 12.7 Å². The molecule has 0 unspecified atom stereocenters. The summed E-state index contributed by atoms with van der Waals surface area (Å²) in [6, 6.07) is 5.51. The molecule has 1 heterocycles. The molecule has 1 aromatic carbocycles. The molecule has 0 radical (unpaired) electrons. The summed E-state index contributed by atoms with van der Waals surface area (Å²) in [6.07, 6.45) is -3.99. The highest BCUT2D eigenvalue weighted by Gasteiger charge is 2.31. The molecule has 0 bridgehead atoms. The average molecular weight is 350 g/mol. The Bertz CT molecular complexity index is 784. The predicted octanol–water partition coefficient (Wildman–Crippen LogP) is 4.06. The average Bonchev–Trinajstić information content (AvgIpc) is 2.43. The van der Waals surface area contributed by atoms with Crippen molar-refractivity contribution in [3.63, 3.8) is 0 Å². The van der Waals surface area contributed by atoms with E-state index in [0.717, 1.165) is 6.07 Å². The van der Waals surface area contributed by atoms with E-state index in [9.17, 15) is 22.8 Å². The number of alkyl halides is 3. The Morgan fingerprint density at radius 1 is 1.09 bits per heavy atom. The second-order valence-corrected chi connectivity index (χ2v) is 5.25. The number of hydrogen-bond donors (Lipinski definition) is 0. The third kappa shape index (κ3) is 3.69. The molecule has 0 spiro atoms. The molecule has 116 valence electrons. The van der Waals surface area contributed by atoms with Crippen molar-refractivity contribution in [1.29, 1.82) is 0 Å². The zero-order valence-corrected chi connectivity index (χ0v) is 12.3. The van der Waals surface area contributed by atoms with Crippen molar-refractivity contribution in [3.05, 3.63) is 68.1 Å². The lowest BCUT2D eigenvalue weighted by Gasteiger charge is -2.10. The van der Waals surface area contributed by atoms with Gasteiger partial charge in [0.05, 0.1) is 22.2 Å². The number of nitrogens with zero attached hydrogens (tertiary/aromatic N) is 1. The summed E-state index contributed by atoms with van der Waals surface area (Å²) in [4.78, 5) is 23.6. The number of aromatic nitrogens is 1. The van der Waals surface area contributed by atoms with Crippen LogP contribution in [0, 0.1) is 0 Å². The fourth-order valence-corrected chi connectivity index (χ4v) is 2.04. The molecule has 0 saturated carbocycles. The van der Waals surface area contributed by atoms with Gasteiger partial charge in [0.15, 0.2) is 5.78 Å². The van der Waals surface area contributed by atoms with Gasteiger partial charge in [-0.15, -0.1) is 0 Å².